The molecule has 0 atom stereocenters. The minimum absolute atomic E-state index is 0.0245. The number of halogens is 1. The lowest BCUT2D eigenvalue weighted by atomic mass is 10.2. The van der Waals surface area contributed by atoms with Crippen molar-refractivity contribution in [1.29, 1.82) is 5.26 Å². The Morgan fingerprint density at radius 1 is 1.19 bits per heavy atom. The third kappa shape index (κ3) is 3.06. The third-order valence-electron chi connectivity index (χ3n) is 2.64. The van der Waals surface area contributed by atoms with E-state index >= 15 is 0 Å². The number of nitro benzene ring substituents is 1. The minimum Gasteiger partial charge on any atom is -0.493 e. The van der Waals surface area contributed by atoms with Gasteiger partial charge in [-0.15, -0.1) is 0 Å². The minimum atomic E-state index is -0.581. The van der Waals surface area contributed by atoms with Crippen molar-refractivity contribution in [1.82, 2.24) is 0 Å². The second kappa shape index (κ2) is 5.88. The third-order valence-corrected chi connectivity index (χ3v) is 2.64. The van der Waals surface area contributed by atoms with E-state index in [0.717, 1.165) is 12.1 Å². The van der Waals surface area contributed by atoms with Crippen LogP contribution in [0.25, 0.3) is 0 Å². The molecule has 0 aliphatic carbocycles. The van der Waals surface area contributed by atoms with Crippen molar-refractivity contribution in [2.24, 2.45) is 0 Å². The number of methoxy groups -OCH3 is 1. The summed E-state index contributed by atoms with van der Waals surface area (Å²) in [6, 6.07) is 9.01. The van der Waals surface area contributed by atoms with Crippen LogP contribution >= 0.6 is 0 Å². The second-order valence-corrected chi connectivity index (χ2v) is 3.95. The van der Waals surface area contributed by atoms with Gasteiger partial charge in [-0.25, -0.2) is 4.39 Å². The molecule has 0 spiro atoms. The molecule has 0 bridgehead atoms. The summed E-state index contributed by atoms with van der Waals surface area (Å²) in [5, 5.41) is 19.7. The van der Waals surface area contributed by atoms with Crippen LogP contribution in [0.4, 0.5) is 10.1 Å². The average molecular weight is 288 g/mol. The SMILES string of the molecule is COc1ccc([N+](=O)[O-])cc1Oc1ccc(F)cc1C#N. The molecule has 2 rings (SSSR count). The summed E-state index contributed by atoms with van der Waals surface area (Å²) in [6.45, 7) is 0. The summed E-state index contributed by atoms with van der Waals surface area (Å²) in [6.07, 6.45) is 0. The molecule has 0 N–H and O–H groups in total. The summed E-state index contributed by atoms with van der Waals surface area (Å²) in [5.74, 6) is -0.175. The van der Waals surface area contributed by atoms with Crippen LogP contribution in [0.5, 0.6) is 17.2 Å². The number of rotatable bonds is 4. The first-order chi connectivity index (χ1) is 10.0. The van der Waals surface area contributed by atoms with E-state index in [1.54, 1.807) is 6.07 Å². The van der Waals surface area contributed by atoms with Gasteiger partial charge in [0.25, 0.3) is 5.69 Å². The molecule has 0 aliphatic heterocycles. The molecule has 0 amide bonds. The van der Waals surface area contributed by atoms with E-state index in [0.29, 0.717) is 0 Å². The van der Waals surface area contributed by atoms with Gasteiger partial charge in [0.05, 0.1) is 23.7 Å². The van der Waals surface area contributed by atoms with E-state index in [9.17, 15) is 14.5 Å². The maximum absolute atomic E-state index is 13.1. The van der Waals surface area contributed by atoms with Crippen molar-refractivity contribution in [2.45, 2.75) is 0 Å². The zero-order chi connectivity index (χ0) is 15.4. The van der Waals surface area contributed by atoms with Crippen LogP contribution in [0, 0.1) is 27.3 Å². The molecule has 6 nitrogen and oxygen atoms in total. The van der Waals surface area contributed by atoms with Gasteiger partial charge < -0.3 is 9.47 Å². The van der Waals surface area contributed by atoms with Crippen molar-refractivity contribution >= 4 is 5.69 Å². The molecule has 0 heterocycles. The van der Waals surface area contributed by atoms with Gasteiger partial charge in [0.15, 0.2) is 11.5 Å². The fraction of sp³-hybridized carbons (Fsp3) is 0.0714. The van der Waals surface area contributed by atoms with Crippen LogP contribution in [0.15, 0.2) is 36.4 Å². The Bertz CT molecular complexity index is 740. The van der Waals surface area contributed by atoms with Crippen molar-refractivity contribution in [3.05, 3.63) is 57.9 Å². The number of nitriles is 1. The second-order valence-electron chi connectivity index (χ2n) is 3.95. The Balaban J connectivity index is 2.45. The van der Waals surface area contributed by atoms with Gasteiger partial charge in [-0.05, 0) is 24.3 Å². The average Bonchev–Trinajstić information content (AvgIpc) is 2.48. The number of non-ortho nitro benzene ring substituents is 1. The van der Waals surface area contributed by atoms with Gasteiger partial charge in [-0.2, -0.15) is 5.26 Å². The molecule has 0 aromatic heterocycles. The van der Waals surface area contributed by atoms with Gasteiger partial charge in [0.2, 0.25) is 0 Å². The van der Waals surface area contributed by atoms with Gasteiger partial charge >= 0.3 is 0 Å². The molecule has 106 valence electrons. The summed E-state index contributed by atoms with van der Waals surface area (Å²) >= 11 is 0. The molecule has 7 heteroatoms. The van der Waals surface area contributed by atoms with Crippen LogP contribution in [-0.4, -0.2) is 12.0 Å². The van der Waals surface area contributed by atoms with E-state index in [4.69, 9.17) is 14.7 Å². The van der Waals surface area contributed by atoms with Crippen molar-refractivity contribution < 1.29 is 18.8 Å². The van der Waals surface area contributed by atoms with Crippen LogP contribution in [0.1, 0.15) is 5.56 Å². The lowest BCUT2D eigenvalue weighted by molar-refractivity contribution is -0.384. The molecule has 0 aliphatic rings. The standard InChI is InChI=1S/C14H9FN2O4/c1-20-13-5-3-11(17(18)19)7-14(13)21-12-4-2-10(15)6-9(12)8-16/h2-7H,1H3. The Morgan fingerprint density at radius 3 is 2.52 bits per heavy atom. The largest absolute Gasteiger partial charge is 0.493 e. The quantitative estimate of drug-likeness (QED) is 0.635. The molecule has 0 fully saturated rings. The highest BCUT2D eigenvalue weighted by molar-refractivity contribution is 5.52. The van der Waals surface area contributed by atoms with Crippen molar-refractivity contribution in [3.63, 3.8) is 0 Å². The normalized spacial score (nSPS) is 9.76. The number of nitro groups is 1. The summed E-state index contributed by atoms with van der Waals surface area (Å²) < 4.78 is 23.6. The van der Waals surface area contributed by atoms with Gasteiger partial charge in [0, 0.05) is 6.07 Å². The number of hydrogen-bond acceptors (Lipinski definition) is 5. The molecular formula is C14H9FN2O4. The lowest BCUT2D eigenvalue weighted by Gasteiger charge is -2.11. The summed E-state index contributed by atoms with van der Waals surface area (Å²) in [4.78, 5) is 10.2. The van der Waals surface area contributed by atoms with Gasteiger partial charge in [-0.1, -0.05) is 0 Å². The molecule has 0 saturated carbocycles. The highest BCUT2D eigenvalue weighted by Gasteiger charge is 2.15. The van der Waals surface area contributed by atoms with Crippen LogP contribution < -0.4 is 9.47 Å². The maximum atomic E-state index is 13.1. The first-order valence-corrected chi connectivity index (χ1v) is 5.75. The molecule has 2 aromatic carbocycles. The summed E-state index contributed by atoms with van der Waals surface area (Å²) in [7, 11) is 1.38. The molecule has 0 saturated heterocycles. The number of benzene rings is 2. The maximum Gasteiger partial charge on any atom is 0.273 e. The molecule has 0 radical (unpaired) electrons. The highest BCUT2D eigenvalue weighted by atomic mass is 19.1. The number of ether oxygens (including phenoxy) is 2. The first kappa shape index (κ1) is 14.3. The van der Waals surface area contributed by atoms with Crippen LogP contribution in [0.3, 0.4) is 0 Å². The van der Waals surface area contributed by atoms with E-state index in [1.165, 1.54) is 31.4 Å². The Kier molecular flexibility index (Phi) is 4.00. The van der Waals surface area contributed by atoms with E-state index < -0.39 is 10.7 Å². The number of nitrogens with zero attached hydrogens (tertiary/aromatic N) is 2. The Hall–Kier alpha value is -3.14. The molecule has 21 heavy (non-hydrogen) atoms. The van der Waals surface area contributed by atoms with Gasteiger partial charge in [-0.3, -0.25) is 10.1 Å². The monoisotopic (exact) mass is 288 g/mol. The Morgan fingerprint density at radius 2 is 1.90 bits per heavy atom. The van der Waals surface area contributed by atoms with Crippen LogP contribution in [-0.2, 0) is 0 Å². The molecular weight excluding hydrogens is 279 g/mol. The zero-order valence-electron chi connectivity index (χ0n) is 10.9. The van der Waals surface area contributed by atoms with Crippen molar-refractivity contribution in [2.75, 3.05) is 7.11 Å². The smallest absolute Gasteiger partial charge is 0.273 e. The lowest BCUT2D eigenvalue weighted by Crippen LogP contribution is -1.95. The first-order valence-electron chi connectivity index (χ1n) is 5.75. The Labute approximate surface area is 119 Å². The summed E-state index contributed by atoms with van der Waals surface area (Å²) in [5.41, 5.74) is -0.213. The fourth-order valence-corrected chi connectivity index (χ4v) is 1.66. The highest BCUT2D eigenvalue weighted by Crippen LogP contribution is 2.35. The van der Waals surface area contributed by atoms with Gasteiger partial charge in [0.1, 0.15) is 17.6 Å². The molecule has 2 aromatic rings. The predicted molar refractivity (Wildman–Crippen MR) is 70.8 cm³/mol. The van der Waals surface area contributed by atoms with Crippen LogP contribution in [0.2, 0.25) is 0 Å². The topological polar surface area (TPSA) is 85.4 Å². The zero-order valence-corrected chi connectivity index (χ0v) is 10.9. The van der Waals surface area contributed by atoms with Crippen molar-refractivity contribution in [3.8, 4) is 23.3 Å². The fourth-order valence-electron chi connectivity index (χ4n) is 1.66. The predicted octanol–water partition coefficient (Wildman–Crippen LogP) is 3.41. The van der Waals surface area contributed by atoms with E-state index in [-0.39, 0.29) is 28.5 Å². The van der Waals surface area contributed by atoms with E-state index in [1.807, 2.05) is 0 Å². The molecule has 0 unspecified atom stereocenters. The van der Waals surface area contributed by atoms with E-state index in [2.05, 4.69) is 0 Å². The number of hydrogen-bond donors (Lipinski definition) is 0.